The van der Waals surface area contributed by atoms with Crippen molar-refractivity contribution in [2.24, 2.45) is 0 Å². The highest BCUT2D eigenvalue weighted by molar-refractivity contribution is 7.89. The summed E-state index contributed by atoms with van der Waals surface area (Å²) in [5.74, 6) is -0.445. The number of carbonyl (C=O) groups is 1. The van der Waals surface area contributed by atoms with Gasteiger partial charge in [0, 0.05) is 13.1 Å². The molecule has 1 aromatic rings. The molecule has 0 aliphatic rings. The molecule has 21 heavy (non-hydrogen) atoms. The van der Waals surface area contributed by atoms with Crippen LogP contribution in [0.5, 0.6) is 0 Å². The van der Waals surface area contributed by atoms with Crippen LogP contribution in [0.3, 0.4) is 0 Å². The molecule has 1 rings (SSSR count). The fourth-order valence-corrected chi connectivity index (χ4v) is 3.08. The molecule has 0 fully saturated rings. The Morgan fingerprint density at radius 2 is 1.81 bits per heavy atom. The van der Waals surface area contributed by atoms with Crippen LogP contribution in [0.4, 0.5) is 0 Å². The van der Waals surface area contributed by atoms with Crippen molar-refractivity contribution in [2.45, 2.75) is 32.1 Å². The summed E-state index contributed by atoms with van der Waals surface area (Å²) >= 11 is 0. The second kappa shape index (κ2) is 8.11. The number of nitrogens with zero attached hydrogens (tertiary/aromatic N) is 1. The zero-order chi connectivity index (χ0) is 15.9. The van der Waals surface area contributed by atoms with Crippen molar-refractivity contribution in [3.05, 3.63) is 29.8 Å². The maximum Gasteiger partial charge on any atom is 0.338 e. The van der Waals surface area contributed by atoms with Crippen LogP contribution in [-0.2, 0) is 14.8 Å². The topological polar surface area (TPSA) is 75.7 Å². The van der Waals surface area contributed by atoms with E-state index in [0.717, 1.165) is 6.42 Å². The van der Waals surface area contributed by atoms with Crippen molar-refractivity contribution >= 4 is 16.0 Å². The summed E-state index contributed by atoms with van der Waals surface area (Å²) in [6, 6.07) is 5.76. The Bertz CT molecular complexity index is 555. The maximum absolute atomic E-state index is 12.4. The number of rotatable bonds is 8. The SMILES string of the molecule is CCCOC(=O)c1ccc(S(=O)(=O)N(CC)NCC)cc1. The third-order valence-electron chi connectivity index (χ3n) is 2.74. The van der Waals surface area contributed by atoms with Crippen LogP contribution in [0, 0.1) is 0 Å². The highest BCUT2D eigenvalue weighted by Crippen LogP contribution is 2.15. The summed E-state index contributed by atoms with van der Waals surface area (Å²) in [6.07, 6.45) is 0.742. The van der Waals surface area contributed by atoms with Gasteiger partial charge in [0.05, 0.1) is 17.1 Å². The third-order valence-corrected chi connectivity index (χ3v) is 4.57. The van der Waals surface area contributed by atoms with Gasteiger partial charge < -0.3 is 4.74 Å². The summed E-state index contributed by atoms with van der Waals surface area (Å²) in [6.45, 7) is 6.65. The van der Waals surface area contributed by atoms with Gasteiger partial charge in [0.15, 0.2) is 0 Å². The number of nitrogens with one attached hydrogen (secondary N) is 1. The Balaban J connectivity index is 2.93. The molecule has 0 aliphatic carbocycles. The molecular weight excluding hydrogens is 292 g/mol. The summed E-state index contributed by atoms with van der Waals surface area (Å²) in [5, 5.41) is 0. The first-order valence-electron chi connectivity index (χ1n) is 7.00. The van der Waals surface area contributed by atoms with E-state index in [1.165, 1.54) is 28.7 Å². The van der Waals surface area contributed by atoms with Crippen LogP contribution in [0.2, 0.25) is 0 Å². The molecule has 0 amide bonds. The molecular formula is C14H22N2O4S. The molecule has 7 heteroatoms. The lowest BCUT2D eigenvalue weighted by Gasteiger charge is -2.20. The minimum atomic E-state index is -3.60. The average Bonchev–Trinajstić information content (AvgIpc) is 2.50. The normalized spacial score (nSPS) is 11.6. The quantitative estimate of drug-likeness (QED) is 0.585. The molecule has 0 saturated heterocycles. The van der Waals surface area contributed by atoms with Crippen molar-refractivity contribution in [1.29, 1.82) is 0 Å². The van der Waals surface area contributed by atoms with E-state index in [9.17, 15) is 13.2 Å². The van der Waals surface area contributed by atoms with Gasteiger partial charge in [0.1, 0.15) is 0 Å². The van der Waals surface area contributed by atoms with Crippen molar-refractivity contribution in [3.8, 4) is 0 Å². The predicted octanol–water partition coefficient (Wildman–Crippen LogP) is 1.79. The van der Waals surface area contributed by atoms with Gasteiger partial charge in [0.2, 0.25) is 0 Å². The number of hydrogen-bond donors (Lipinski definition) is 1. The number of sulfonamides is 1. The Morgan fingerprint density at radius 1 is 1.19 bits per heavy atom. The first-order valence-corrected chi connectivity index (χ1v) is 8.44. The van der Waals surface area contributed by atoms with Crippen molar-refractivity contribution in [1.82, 2.24) is 9.84 Å². The smallest absolute Gasteiger partial charge is 0.338 e. The zero-order valence-corrected chi connectivity index (χ0v) is 13.4. The summed E-state index contributed by atoms with van der Waals surface area (Å²) in [4.78, 5) is 11.8. The van der Waals surface area contributed by atoms with E-state index in [1.54, 1.807) is 6.92 Å². The fourth-order valence-electron chi connectivity index (χ4n) is 1.71. The van der Waals surface area contributed by atoms with E-state index >= 15 is 0 Å². The number of esters is 1. The lowest BCUT2D eigenvalue weighted by Crippen LogP contribution is -2.42. The van der Waals surface area contributed by atoms with Gasteiger partial charge in [-0.05, 0) is 37.6 Å². The Hall–Kier alpha value is -1.44. The van der Waals surface area contributed by atoms with Gasteiger partial charge in [-0.2, -0.15) is 0 Å². The number of hydrazine groups is 1. The zero-order valence-electron chi connectivity index (χ0n) is 12.6. The number of carbonyl (C=O) groups excluding carboxylic acids is 1. The Kier molecular flexibility index (Phi) is 6.80. The monoisotopic (exact) mass is 314 g/mol. The van der Waals surface area contributed by atoms with E-state index in [-0.39, 0.29) is 4.90 Å². The van der Waals surface area contributed by atoms with Crippen molar-refractivity contribution in [3.63, 3.8) is 0 Å². The lowest BCUT2D eigenvalue weighted by atomic mass is 10.2. The summed E-state index contributed by atoms with van der Waals surface area (Å²) in [7, 11) is -3.60. The molecule has 0 aliphatic heterocycles. The maximum atomic E-state index is 12.4. The second-order valence-corrected chi connectivity index (χ2v) is 6.20. The van der Waals surface area contributed by atoms with Crippen LogP contribution in [0.1, 0.15) is 37.6 Å². The molecule has 0 heterocycles. The van der Waals surface area contributed by atoms with E-state index in [1.807, 2.05) is 13.8 Å². The van der Waals surface area contributed by atoms with Crippen LogP contribution >= 0.6 is 0 Å². The molecule has 0 saturated carbocycles. The average molecular weight is 314 g/mol. The number of ether oxygens (including phenoxy) is 1. The minimum Gasteiger partial charge on any atom is -0.462 e. The molecule has 0 unspecified atom stereocenters. The standard InChI is InChI=1S/C14H22N2O4S/c1-4-11-20-14(17)12-7-9-13(10-8-12)21(18,19)16(6-3)15-5-2/h7-10,15H,4-6,11H2,1-3H3. The van der Waals surface area contributed by atoms with Crippen LogP contribution < -0.4 is 5.43 Å². The van der Waals surface area contributed by atoms with E-state index in [0.29, 0.717) is 25.3 Å². The van der Waals surface area contributed by atoms with E-state index in [4.69, 9.17) is 4.74 Å². The number of hydrogen-bond acceptors (Lipinski definition) is 5. The Morgan fingerprint density at radius 3 is 2.29 bits per heavy atom. The molecule has 0 spiro atoms. The highest BCUT2D eigenvalue weighted by atomic mass is 32.2. The molecule has 118 valence electrons. The van der Waals surface area contributed by atoms with E-state index < -0.39 is 16.0 Å². The predicted molar refractivity (Wildman–Crippen MR) is 80.3 cm³/mol. The fraction of sp³-hybridized carbons (Fsp3) is 0.500. The molecule has 1 N–H and O–H groups in total. The van der Waals surface area contributed by atoms with Gasteiger partial charge in [-0.25, -0.2) is 18.6 Å². The number of benzene rings is 1. The molecule has 1 aromatic carbocycles. The van der Waals surface area contributed by atoms with Crippen molar-refractivity contribution in [2.75, 3.05) is 19.7 Å². The van der Waals surface area contributed by atoms with Crippen LogP contribution in [0.15, 0.2) is 29.2 Å². The molecule has 0 bridgehead atoms. The highest BCUT2D eigenvalue weighted by Gasteiger charge is 2.22. The molecule has 0 radical (unpaired) electrons. The van der Waals surface area contributed by atoms with Crippen molar-refractivity contribution < 1.29 is 17.9 Å². The van der Waals surface area contributed by atoms with Crippen LogP contribution in [-0.4, -0.2) is 38.5 Å². The van der Waals surface area contributed by atoms with Gasteiger partial charge in [-0.15, -0.1) is 4.41 Å². The lowest BCUT2D eigenvalue weighted by molar-refractivity contribution is 0.0505. The molecule has 0 aromatic heterocycles. The van der Waals surface area contributed by atoms with Gasteiger partial charge in [0.25, 0.3) is 10.0 Å². The van der Waals surface area contributed by atoms with Crippen LogP contribution in [0.25, 0.3) is 0 Å². The summed E-state index contributed by atoms with van der Waals surface area (Å²) < 4.78 is 30.9. The summed E-state index contributed by atoms with van der Waals surface area (Å²) in [5.41, 5.74) is 3.13. The van der Waals surface area contributed by atoms with Gasteiger partial charge >= 0.3 is 5.97 Å². The molecule has 0 atom stereocenters. The second-order valence-electron chi connectivity index (χ2n) is 4.34. The first kappa shape index (κ1) is 17.6. The van der Waals surface area contributed by atoms with Gasteiger partial charge in [-0.1, -0.05) is 13.8 Å². The first-order chi connectivity index (χ1) is 9.97. The largest absolute Gasteiger partial charge is 0.462 e. The Labute approximate surface area is 126 Å². The molecule has 6 nitrogen and oxygen atoms in total. The third kappa shape index (κ3) is 4.52. The minimum absolute atomic E-state index is 0.136. The van der Waals surface area contributed by atoms with E-state index in [2.05, 4.69) is 5.43 Å². The van der Waals surface area contributed by atoms with Gasteiger partial charge in [-0.3, -0.25) is 0 Å².